The Bertz CT molecular complexity index is 670. The van der Waals surface area contributed by atoms with Crippen molar-refractivity contribution in [3.63, 3.8) is 0 Å². The third-order valence-corrected chi connectivity index (χ3v) is 4.96. The number of amides is 1. The van der Waals surface area contributed by atoms with Gasteiger partial charge in [-0.2, -0.15) is 0 Å². The molecule has 2 atom stereocenters. The third kappa shape index (κ3) is 7.93. The van der Waals surface area contributed by atoms with E-state index in [-0.39, 0.29) is 12.1 Å². The maximum atomic E-state index is 12.0. The Labute approximate surface area is 175 Å². The molecular formula is C22H37N5O2. The number of hydrogen-bond donors (Lipinski definition) is 2. The van der Waals surface area contributed by atoms with Gasteiger partial charge in [0.25, 0.3) is 0 Å². The number of ether oxygens (including phenoxy) is 1. The summed E-state index contributed by atoms with van der Waals surface area (Å²) in [5, 5.41) is 6.48. The van der Waals surface area contributed by atoms with Crippen LogP contribution in [0.1, 0.15) is 32.8 Å². The number of benzene rings is 1. The van der Waals surface area contributed by atoms with Gasteiger partial charge in [0.15, 0.2) is 5.96 Å². The van der Waals surface area contributed by atoms with Crippen LogP contribution in [-0.4, -0.2) is 80.3 Å². The Morgan fingerprint density at radius 1 is 1.31 bits per heavy atom. The summed E-state index contributed by atoms with van der Waals surface area (Å²) in [7, 11) is 6.02. The first-order valence-corrected chi connectivity index (χ1v) is 10.3. The molecule has 1 aliphatic rings. The lowest BCUT2D eigenvalue weighted by Crippen LogP contribution is -2.48. The molecule has 7 heteroatoms. The SMILES string of the molecule is CN=C(NCC(Cc1ccccc1)N(C)C)N1CCC(NC(=O)OC(C)(C)C)C1. The first kappa shape index (κ1) is 23.0. The second kappa shape index (κ2) is 10.5. The Morgan fingerprint density at radius 3 is 2.59 bits per heavy atom. The van der Waals surface area contributed by atoms with Gasteiger partial charge in [-0.3, -0.25) is 4.99 Å². The van der Waals surface area contributed by atoms with Crippen LogP contribution in [0.4, 0.5) is 4.79 Å². The van der Waals surface area contributed by atoms with Gasteiger partial charge in [0.05, 0.1) is 6.04 Å². The predicted octanol–water partition coefficient (Wildman–Crippen LogP) is 2.33. The van der Waals surface area contributed by atoms with Crippen molar-refractivity contribution in [3.8, 4) is 0 Å². The lowest BCUT2D eigenvalue weighted by Gasteiger charge is -2.28. The number of carbonyl (C=O) groups excluding carboxylic acids is 1. The maximum absolute atomic E-state index is 12.0. The van der Waals surface area contributed by atoms with E-state index in [4.69, 9.17) is 4.74 Å². The molecule has 0 saturated carbocycles. The standard InChI is InChI=1S/C22H37N5O2/c1-22(2,3)29-21(28)25-18-12-13-27(16-18)20(23-4)24-15-19(26(5)6)14-17-10-8-7-9-11-17/h7-11,18-19H,12-16H2,1-6H3,(H,23,24)(H,25,28). The fourth-order valence-electron chi connectivity index (χ4n) is 3.41. The van der Waals surface area contributed by atoms with Gasteiger partial charge in [-0.15, -0.1) is 0 Å². The van der Waals surface area contributed by atoms with Crippen LogP contribution in [0.15, 0.2) is 35.3 Å². The van der Waals surface area contributed by atoms with Crippen LogP contribution in [0, 0.1) is 0 Å². The molecule has 0 spiro atoms. The molecule has 1 heterocycles. The number of nitrogens with zero attached hydrogens (tertiary/aromatic N) is 3. The van der Waals surface area contributed by atoms with Gasteiger partial charge in [-0.25, -0.2) is 4.79 Å². The monoisotopic (exact) mass is 403 g/mol. The van der Waals surface area contributed by atoms with Crippen molar-refractivity contribution in [1.82, 2.24) is 20.4 Å². The molecule has 1 amide bonds. The molecular weight excluding hydrogens is 366 g/mol. The summed E-state index contributed by atoms with van der Waals surface area (Å²) in [5.74, 6) is 0.874. The highest BCUT2D eigenvalue weighted by Crippen LogP contribution is 2.12. The number of likely N-dealkylation sites (tertiary alicyclic amines) is 1. The van der Waals surface area contributed by atoms with Crippen LogP contribution in [0.3, 0.4) is 0 Å². The highest BCUT2D eigenvalue weighted by Gasteiger charge is 2.28. The minimum absolute atomic E-state index is 0.0670. The van der Waals surface area contributed by atoms with Crippen LogP contribution in [-0.2, 0) is 11.2 Å². The summed E-state index contributed by atoms with van der Waals surface area (Å²) in [6.07, 6.45) is 1.49. The molecule has 1 aromatic carbocycles. The normalized spacial score (nSPS) is 18.7. The first-order chi connectivity index (χ1) is 13.7. The Balaban J connectivity index is 1.85. The Kier molecular flexibility index (Phi) is 8.32. The van der Waals surface area contributed by atoms with E-state index in [1.54, 1.807) is 7.05 Å². The van der Waals surface area contributed by atoms with Gasteiger partial charge < -0.3 is 25.2 Å². The number of nitrogens with one attached hydrogen (secondary N) is 2. The average Bonchev–Trinajstić information content (AvgIpc) is 3.08. The molecule has 0 radical (unpaired) electrons. The second-order valence-corrected chi connectivity index (χ2v) is 8.81. The quantitative estimate of drug-likeness (QED) is 0.564. The van der Waals surface area contributed by atoms with E-state index in [0.717, 1.165) is 38.4 Å². The van der Waals surface area contributed by atoms with Crippen LogP contribution >= 0.6 is 0 Å². The smallest absolute Gasteiger partial charge is 0.407 e. The minimum atomic E-state index is -0.486. The van der Waals surface area contributed by atoms with Gasteiger partial charge in [0.2, 0.25) is 0 Å². The predicted molar refractivity (Wildman–Crippen MR) is 118 cm³/mol. The van der Waals surface area contributed by atoms with Crippen LogP contribution in [0.5, 0.6) is 0 Å². The van der Waals surface area contributed by atoms with Crippen molar-refractivity contribution in [2.45, 2.75) is 51.3 Å². The largest absolute Gasteiger partial charge is 0.444 e. The van der Waals surface area contributed by atoms with E-state index in [1.165, 1.54) is 5.56 Å². The molecule has 29 heavy (non-hydrogen) atoms. The summed E-state index contributed by atoms with van der Waals surface area (Å²) >= 11 is 0. The molecule has 2 unspecified atom stereocenters. The van der Waals surface area contributed by atoms with E-state index in [9.17, 15) is 4.79 Å². The van der Waals surface area contributed by atoms with E-state index in [0.29, 0.717) is 6.04 Å². The maximum Gasteiger partial charge on any atom is 0.407 e. The van der Waals surface area contributed by atoms with Gasteiger partial charge in [-0.05, 0) is 53.3 Å². The fraction of sp³-hybridized carbons (Fsp3) is 0.636. The molecule has 2 N–H and O–H groups in total. The zero-order valence-electron chi connectivity index (χ0n) is 18.7. The lowest BCUT2D eigenvalue weighted by atomic mass is 10.1. The van der Waals surface area contributed by atoms with Crippen molar-refractivity contribution in [2.24, 2.45) is 4.99 Å². The molecule has 1 fully saturated rings. The number of likely N-dealkylation sites (N-methyl/N-ethyl adjacent to an activating group) is 1. The molecule has 7 nitrogen and oxygen atoms in total. The average molecular weight is 404 g/mol. The minimum Gasteiger partial charge on any atom is -0.444 e. The zero-order valence-corrected chi connectivity index (χ0v) is 18.7. The lowest BCUT2D eigenvalue weighted by molar-refractivity contribution is 0.0507. The fourth-order valence-corrected chi connectivity index (χ4v) is 3.41. The van der Waals surface area contributed by atoms with Crippen molar-refractivity contribution in [1.29, 1.82) is 0 Å². The summed E-state index contributed by atoms with van der Waals surface area (Å²) in [6, 6.07) is 11.0. The van der Waals surface area contributed by atoms with Gasteiger partial charge in [0, 0.05) is 32.7 Å². The topological polar surface area (TPSA) is 69.2 Å². The van der Waals surface area contributed by atoms with Crippen molar-refractivity contribution in [3.05, 3.63) is 35.9 Å². The Hall–Kier alpha value is -2.28. The van der Waals surface area contributed by atoms with Crippen molar-refractivity contribution >= 4 is 12.1 Å². The Morgan fingerprint density at radius 2 is 2.00 bits per heavy atom. The zero-order chi connectivity index (χ0) is 21.4. The molecule has 1 aliphatic heterocycles. The molecule has 0 aromatic heterocycles. The summed E-state index contributed by atoms with van der Waals surface area (Å²) in [4.78, 5) is 20.9. The summed E-state index contributed by atoms with van der Waals surface area (Å²) in [5.41, 5.74) is 0.839. The van der Waals surface area contributed by atoms with Crippen LogP contribution in [0.25, 0.3) is 0 Å². The second-order valence-electron chi connectivity index (χ2n) is 8.81. The number of carbonyl (C=O) groups is 1. The van der Waals surface area contributed by atoms with Crippen molar-refractivity contribution < 1.29 is 9.53 Å². The number of hydrogen-bond acceptors (Lipinski definition) is 4. The molecule has 1 saturated heterocycles. The van der Waals surface area contributed by atoms with E-state index in [1.807, 2.05) is 26.8 Å². The molecule has 0 aliphatic carbocycles. The van der Waals surface area contributed by atoms with Crippen LogP contribution in [0.2, 0.25) is 0 Å². The molecule has 162 valence electrons. The highest BCUT2D eigenvalue weighted by molar-refractivity contribution is 5.80. The highest BCUT2D eigenvalue weighted by atomic mass is 16.6. The molecule has 2 rings (SSSR count). The molecule has 1 aromatic rings. The van der Waals surface area contributed by atoms with E-state index >= 15 is 0 Å². The summed E-state index contributed by atoms with van der Waals surface area (Å²) in [6.45, 7) is 7.99. The van der Waals surface area contributed by atoms with Gasteiger partial charge in [0.1, 0.15) is 5.60 Å². The summed E-state index contributed by atoms with van der Waals surface area (Å²) < 4.78 is 5.36. The third-order valence-electron chi connectivity index (χ3n) is 4.96. The first-order valence-electron chi connectivity index (χ1n) is 10.3. The van der Waals surface area contributed by atoms with Gasteiger partial charge >= 0.3 is 6.09 Å². The number of aliphatic imine (C=N–C) groups is 1. The van der Waals surface area contributed by atoms with E-state index in [2.05, 4.69) is 63.8 Å². The van der Waals surface area contributed by atoms with E-state index < -0.39 is 5.60 Å². The van der Waals surface area contributed by atoms with Gasteiger partial charge in [-0.1, -0.05) is 30.3 Å². The number of alkyl carbamates (subject to hydrolysis) is 1. The number of guanidine groups is 1. The molecule has 0 bridgehead atoms. The van der Waals surface area contributed by atoms with Crippen molar-refractivity contribution in [2.75, 3.05) is 40.8 Å². The number of rotatable bonds is 6. The van der Waals surface area contributed by atoms with Crippen LogP contribution < -0.4 is 10.6 Å².